The molecule has 1 aliphatic rings. The van der Waals surface area contributed by atoms with Gasteiger partial charge in [-0.05, 0) is 67.9 Å². The van der Waals surface area contributed by atoms with E-state index < -0.39 is 11.7 Å². The first-order chi connectivity index (χ1) is 17.8. The average molecular weight is 522 g/mol. The second-order valence-electron chi connectivity index (χ2n) is 8.98. The normalized spacial score (nSPS) is 17.7. The van der Waals surface area contributed by atoms with Crippen molar-refractivity contribution >= 4 is 45.7 Å². The zero-order valence-corrected chi connectivity index (χ0v) is 21.0. The van der Waals surface area contributed by atoms with Crippen molar-refractivity contribution in [3.63, 3.8) is 0 Å². The van der Waals surface area contributed by atoms with E-state index in [-0.39, 0.29) is 12.4 Å². The first kappa shape index (κ1) is 24.7. The van der Waals surface area contributed by atoms with E-state index in [9.17, 15) is 9.50 Å². The first-order valence-corrected chi connectivity index (χ1v) is 12.0. The van der Waals surface area contributed by atoms with Gasteiger partial charge in [0.05, 0.1) is 23.2 Å². The molecule has 1 aromatic heterocycles. The molecule has 0 bridgehead atoms. The van der Waals surface area contributed by atoms with Crippen molar-refractivity contribution in [2.45, 2.75) is 32.2 Å². The van der Waals surface area contributed by atoms with Gasteiger partial charge in [0.2, 0.25) is 0 Å². The van der Waals surface area contributed by atoms with E-state index in [1.807, 2.05) is 31.2 Å². The van der Waals surface area contributed by atoms with Gasteiger partial charge in [0.15, 0.2) is 5.60 Å². The van der Waals surface area contributed by atoms with Crippen LogP contribution in [0.4, 0.5) is 21.6 Å². The molecule has 3 aromatic carbocycles. The van der Waals surface area contributed by atoms with Crippen LogP contribution in [0, 0.1) is 5.82 Å². The molecule has 2 heterocycles. The number of aliphatic hydroxyl groups excluding tert-OH is 1. The van der Waals surface area contributed by atoms with Crippen LogP contribution in [0.25, 0.3) is 10.9 Å². The molecule has 0 amide bonds. The number of aliphatic hydroxyl groups is 1. The molecule has 5 rings (SSSR count). The van der Waals surface area contributed by atoms with Crippen molar-refractivity contribution in [3.05, 3.63) is 83.4 Å². The summed E-state index contributed by atoms with van der Waals surface area (Å²) in [7, 11) is 0. The topological polar surface area (TPSA) is 101 Å². The van der Waals surface area contributed by atoms with Crippen LogP contribution in [0.1, 0.15) is 19.4 Å². The van der Waals surface area contributed by atoms with E-state index in [0.29, 0.717) is 40.4 Å². The lowest BCUT2D eigenvalue weighted by Crippen LogP contribution is -2.41. The molecule has 8 nitrogen and oxygen atoms in total. The smallest absolute Gasteiger partial charge is 0.290 e. The van der Waals surface area contributed by atoms with Crippen molar-refractivity contribution in [1.29, 1.82) is 0 Å². The largest absolute Gasteiger partial charge is 0.487 e. The summed E-state index contributed by atoms with van der Waals surface area (Å²) >= 11 is 6.45. The van der Waals surface area contributed by atoms with Gasteiger partial charge in [-0.2, -0.15) is 0 Å². The Balaban J connectivity index is 1.31. The molecule has 0 spiro atoms. The summed E-state index contributed by atoms with van der Waals surface area (Å²) in [5, 5.41) is 17.6. The van der Waals surface area contributed by atoms with Gasteiger partial charge in [-0.3, -0.25) is 0 Å². The second kappa shape index (κ2) is 10.2. The molecule has 4 aromatic rings. The van der Waals surface area contributed by atoms with Gasteiger partial charge in [0.1, 0.15) is 30.3 Å². The Labute approximate surface area is 218 Å². The molecule has 0 radical (unpaired) electrons. The Morgan fingerprint density at radius 1 is 1.11 bits per heavy atom. The third kappa shape index (κ3) is 5.58. The number of aromatic nitrogens is 2. The number of fused-ring (bicyclic) bond motifs is 1. The second-order valence-corrected chi connectivity index (χ2v) is 9.39. The van der Waals surface area contributed by atoms with Crippen LogP contribution >= 0.6 is 11.6 Å². The minimum atomic E-state index is -0.762. The Bertz CT molecular complexity index is 1480. The minimum Gasteiger partial charge on any atom is -0.487 e. The standard InChI is InChI=1S/C27H25ClFN5O3/c1-16(35)27(2)14-30-26(37-27)34-19-6-8-23-21(11-19)25(32-15-31-23)33-20-7-9-24(22(28)12-20)36-13-17-4-3-5-18(29)10-17/h3-12,15-16,35H,13-14H2,1-2H3,(H,30,34)(H,31,32,33). The van der Waals surface area contributed by atoms with Gasteiger partial charge in [0, 0.05) is 16.8 Å². The minimum absolute atomic E-state index is 0.196. The number of ether oxygens (including phenoxy) is 2. The lowest BCUT2D eigenvalue weighted by atomic mass is 10.0. The number of nitrogens with one attached hydrogen (secondary N) is 2. The molecule has 0 fully saturated rings. The maximum absolute atomic E-state index is 13.4. The molecular weight excluding hydrogens is 497 g/mol. The molecular formula is C27H25ClFN5O3. The van der Waals surface area contributed by atoms with Crippen LogP contribution in [0.2, 0.25) is 5.02 Å². The number of rotatable bonds is 7. The number of benzene rings is 3. The highest BCUT2D eigenvalue weighted by atomic mass is 35.5. The summed E-state index contributed by atoms with van der Waals surface area (Å²) in [4.78, 5) is 13.1. The van der Waals surface area contributed by atoms with Crippen LogP contribution < -0.4 is 15.4 Å². The third-order valence-corrected chi connectivity index (χ3v) is 6.41. The van der Waals surface area contributed by atoms with Gasteiger partial charge < -0.3 is 25.2 Å². The van der Waals surface area contributed by atoms with Crippen molar-refractivity contribution in [1.82, 2.24) is 9.97 Å². The van der Waals surface area contributed by atoms with Crippen molar-refractivity contribution in [2.24, 2.45) is 4.99 Å². The summed E-state index contributed by atoms with van der Waals surface area (Å²) in [6, 6.07) is 17.5. The lowest BCUT2D eigenvalue weighted by Gasteiger charge is -2.26. The number of halogens is 2. The van der Waals surface area contributed by atoms with E-state index in [1.165, 1.54) is 18.5 Å². The fourth-order valence-electron chi connectivity index (χ4n) is 3.77. The molecule has 2 atom stereocenters. The number of aliphatic imine (C=N–C) groups is 1. The Kier molecular flexibility index (Phi) is 6.82. The molecule has 2 unspecified atom stereocenters. The molecule has 0 aliphatic carbocycles. The fourth-order valence-corrected chi connectivity index (χ4v) is 4.01. The summed E-state index contributed by atoms with van der Waals surface area (Å²) in [5.41, 5.74) is 2.13. The van der Waals surface area contributed by atoms with Crippen LogP contribution in [0.5, 0.6) is 5.75 Å². The monoisotopic (exact) mass is 521 g/mol. The molecule has 1 aliphatic heterocycles. The average Bonchev–Trinajstić information content (AvgIpc) is 3.26. The first-order valence-electron chi connectivity index (χ1n) is 11.7. The SMILES string of the molecule is CC(O)C1(C)CN=C(Nc2ccc3ncnc(Nc4ccc(OCc5cccc(F)c5)c(Cl)c4)c3c2)O1. The van der Waals surface area contributed by atoms with E-state index in [1.54, 1.807) is 31.2 Å². The summed E-state index contributed by atoms with van der Waals surface area (Å²) in [5.74, 6) is 0.752. The summed E-state index contributed by atoms with van der Waals surface area (Å²) < 4.78 is 25.0. The molecule has 190 valence electrons. The van der Waals surface area contributed by atoms with E-state index in [2.05, 4.69) is 25.6 Å². The highest BCUT2D eigenvalue weighted by molar-refractivity contribution is 6.32. The quantitative estimate of drug-likeness (QED) is 0.287. The molecule has 3 N–H and O–H groups in total. The maximum atomic E-state index is 13.4. The van der Waals surface area contributed by atoms with Gasteiger partial charge >= 0.3 is 0 Å². The van der Waals surface area contributed by atoms with Crippen molar-refractivity contribution in [3.8, 4) is 5.75 Å². The number of anilines is 3. The van der Waals surface area contributed by atoms with Gasteiger partial charge in [-0.1, -0.05) is 23.7 Å². The van der Waals surface area contributed by atoms with E-state index in [0.717, 1.165) is 16.6 Å². The third-order valence-electron chi connectivity index (χ3n) is 6.11. The number of nitrogens with zero attached hydrogens (tertiary/aromatic N) is 3. The predicted octanol–water partition coefficient (Wildman–Crippen LogP) is 5.68. The van der Waals surface area contributed by atoms with Gasteiger partial charge in [0.25, 0.3) is 6.02 Å². The summed E-state index contributed by atoms with van der Waals surface area (Å²) in [6.45, 7) is 4.05. The zero-order chi connectivity index (χ0) is 26.0. The lowest BCUT2D eigenvalue weighted by molar-refractivity contribution is -0.0197. The van der Waals surface area contributed by atoms with Crippen LogP contribution in [-0.2, 0) is 11.3 Å². The van der Waals surface area contributed by atoms with E-state index >= 15 is 0 Å². The van der Waals surface area contributed by atoms with Gasteiger partial charge in [-0.25, -0.2) is 19.4 Å². The number of amidine groups is 1. The Hall–Kier alpha value is -3.95. The van der Waals surface area contributed by atoms with Crippen molar-refractivity contribution < 1.29 is 19.0 Å². The molecule has 0 saturated heterocycles. The fraction of sp³-hybridized carbons (Fsp3) is 0.222. The number of hydrogen-bond acceptors (Lipinski definition) is 8. The van der Waals surface area contributed by atoms with Crippen LogP contribution in [0.15, 0.2) is 72.0 Å². The highest BCUT2D eigenvalue weighted by Gasteiger charge is 2.38. The van der Waals surface area contributed by atoms with E-state index in [4.69, 9.17) is 21.1 Å². The molecule has 37 heavy (non-hydrogen) atoms. The van der Waals surface area contributed by atoms with Gasteiger partial charge in [-0.15, -0.1) is 0 Å². The number of hydrogen-bond donors (Lipinski definition) is 3. The van der Waals surface area contributed by atoms with Crippen molar-refractivity contribution in [2.75, 3.05) is 17.2 Å². The Morgan fingerprint density at radius 2 is 1.92 bits per heavy atom. The predicted molar refractivity (Wildman–Crippen MR) is 142 cm³/mol. The summed E-state index contributed by atoms with van der Waals surface area (Å²) in [6.07, 6.45) is 0.815. The maximum Gasteiger partial charge on any atom is 0.290 e. The Morgan fingerprint density at radius 3 is 2.68 bits per heavy atom. The van der Waals surface area contributed by atoms with Crippen LogP contribution in [0.3, 0.4) is 0 Å². The molecule has 0 saturated carbocycles. The zero-order valence-electron chi connectivity index (χ0n) is 20.2. The molecule has 10 heteroatoms. The van der Waals surface area contributed by atoms with Crippen LogP contribution in [-0.4, -0.2) is 39.3 Å². The highest BCUT2D eigenvalue weighted by Crippen LogP contribution is 2.32.